The van der Waals surface area contributed by atoms with Crippen LogP contribution in [-0.2, 0) is 16.6 Å². The first kappa shape index (κ1) is 15.6. The van der Waals surface area contributed by atoms with Gasteiger partial charge in [-0.25, -0.2) is 13.1 Å². The van der Waals surface area contributed by atoms with E-state index in [-0.39, 0.29) is 0 Å². The fourth-order valence-electron chi connectivity index (χ4n) is 1.44. The van der Waals surface area contributed by atoms with Crippen LogP contribution in [0, 0.1) is 0 Å². The zero-order valence-electron chi connectivity index (χ0n) is 10.8. The molecule has 104 valence electrons. The van der Waals surface area contributed by atoms with Gasteiger partial charge < -0.3 is 10.3 Å². The van der Waals surface area contributed by atoms with Gasteiger partial charge in [0, 0.05) is 30.7 Å². The number of hydrogen-bond acceptors (Lipinski definition) is 4. The highest BCUT2D eigenvalue weighted by Crippen LogP contribution is 2.10. The molecule has 0 bridgehead atoms. The lowest BCUT2D eigenvalue weighted by molar-refractivity contribution is 0.584. The van der Waals surface area contributed by atoms with E-state index in [2.05, 4.69) is 21.9 Å². The Morgan fingerprint density at radius 1 is 1.39 bits per heavy atom. The van der Waals surface area contributed by atoms with Gasteiger partial charge in [-0.15, -0.1) is 0 Å². The van der Waals surface area contributed by atoms with Gasteiger partial charge in [-0.05, 0) is 25.3 Å². The topological polar surface area (TPSA) is 74.0 Å². The summed E-state index contributed by atoms with van der Waals surface area (Å²) in [7, 11) is -3.36. The molecule has 0 aliphatic rings. The molecule has 0 aromatic carbocycles. The van der Waals surface area contributed by atoms with Crippen LogP contribution in [0.25, 0.3) is 0 Å². The van der Waals surface area contributed by atoms with Gasteiger partial charge in [0.1, 0.15) is 0 Å². The lowest BCUT2D eigenvalue weighted by atomic mass is 10.4. The summed E-state index contributed by atoms with van der Waals surface area (Å²) < 4.78 is 26.3. The Bertz CT molecular complexity index is 443. The minimum Gasteiger partial charge on any atom is -0.363 e. The maximum Gasteiger partial charge on any atom is 0.242 e. The second-order valence-corrected chi connectivity index (χ2v) is 6.68. The highest BCUT2D eigenvalue weighted by atomic mass is 32.2. The molecule has 0 spiro atoms. The molecule has 1 aromatic heterocycles. The Hall–Kier alpha value is -0.500. The molecule has 1 heterocycles. The maximum atomic E-state index is 11.9. The van der Waals surface area contributed by atoms with Gasteiger partial charge in [0.05, 0.1) is 4.90 Å². The van der Waals surface area contributed by atoms with Crippen molar-refractivity contribution in [2.75, 3.05) is 25.1 Å². The summed E-state index contributed by atoms with van der Waals surface area (Å²) in [5.41, 5.74) is 0.883. The Morgan fingerprint density at radius 2 is 2.17 bits per heavy atom. The van der Waals surface area contributed by atoms with Crippen molar-refractivity contribution in [3.05, 3.63) is 18.0 Å². The average molecular weight is 291 g/mol. The molecule has 0 saturated heterocycles. The van der Waals surface area contributed by atoms with Crippen LogP contribution < -0.4 is 10.0 Å². The van der Waals surface area contributed by atoms with E-state index in [1.54, 1.807) is 17.8 Å². The molecule has 7 heteroatoms. The van der Waals surface area contributed by atoms with Crippen molar-refractivity contribution in [3.8, 4) is 0 Å². The SMILES string of the molecule is CCCNCc1cc(S(=O)(=O)NCCSC)c[nH]1. The van der Waals surface area contributed by atoms with Crippen LogP contribution in [0.4, 0.5) is 0 Å². The highest BCUT2D eigenvalue weighted by molar-refractivity contribution is 7.98. The van der Waals surface area contributed by atoms with Gasteiger partial charge in [0.15, 0.2) is 0 Å². The summed E-state index contributed by atoms with van der Waals surface area (Å²) in [6.07, 6.45) is 4.54. The molecular formula is C11H21N3O2S2. The number of aromatic amines is 1. The third kappa shape index (κ3) is 5.01. The molecular weight excluding hydrogens is 270 g/mol. The summed E-state index contributed by atoms with van der Waals surface area (Å²) in [5.74, 6) is 0.772. The van der Waals surface area contributed by atoms with Crippen molar-refractivity contribution in [2.24, 2.45) is 0 Å². The minimum absolute atomic E-state index is 0.303. The largest absolute Gasteiger partial charge is 0.363 e. The quantitative estimate of drug-likeness (QED) is 0.597. The predicted octanol–water partition coefficient (Wildman–Crippen LogP) is 1.16. The zero-order valence-corrected chi connectivity index (χ0v) is 12.5. The van der Waals surface area contributed by atoms with E-state index in [1.165, 1.54) is 6.20 Å². The molecule has 0 aliphatic carbocycles. The third-order valence-electron chi connectivity index (χ3n) is 2.37. The average Bonchev–Trinajstić information content (AvgIpc) is 2.79. The van der Waals surface area contributed by atoms with Crippen LogP contribution in [0.15, 0.2) is 17.2 Å². The summed E-state index contributed by atoms with van der Waals surface area (Å²) in [6.45, 7) is 4.13. The molecule has 0 radical (unpaired) electrons. The Labute approximate surface area is 113 Å². The van der Waals surface area contributed by atoms with Gasteiger partial charge >= 0.3 is 0 Å². The first-order chi connectivity index (χ1) is 8.60. The van der Waals surface area contributed by atoms with Crippen molar-refractivity contribution in [3.63, 3.8) is 0 Å². The molecule has 0 amide bonds. The van der Waals surface area contributed by atoms with Crippen LogP contribution in [-0.4, -0.2) is 38.5 Å². The van der Waals surface area contributed by atoms with Crippen molar-refractivity contribution in [2.45, 2.75) is 24.8 Å². The lowest BCUT2D eigenvalue weighted by Gasteiger charge is -2.03. The molecule has 1 rings (SSSR count). The van der Waals surface area contributed by atoms with Gasteiger partial charge in [0.2, 0.25) is 10.0 Å². The number of hydrogen-bond donors (Lipinski definition) is 3. The fraction of sp³-hybridized carbons (Fsp3) is 0.636. The van der Waals surface area contributed by atoms with Crippen molar-refractivity contribution in [1.82, 2.24) is 15.0 Å². The number of H-pyrrole nitrogens is 1. The van der Waals surface area contributed by atoms with E-state index >= 15 is 0 Å². The molecule has 18 heavy (non-hydrogen) atoms. The summed E-state index contributed by atoms with van der Waals surface area (Å²) in [6, 6.07) is 1.67. The monoisotopic (exact) mass is 291 g/mol. The van der Waals surface area contributed by atoms with E-state index in [0.29, 0.717) is 18.0 Å². The second-order valence-electron chi connectivity index (χ2n) is 3.93. The van der Waals surface area contributed by atoms with Crippen LogP contribution in [0.2, 0.25) is 0 Å². The van der Waals surface area contributed by atoms with E-state index < -0.39 is 10.0 Å². The number of aromatic nitrogens is 1. The molecule has 0 atom stereocenters. The Balaban J connectivity index is 2.55. The standard InChI is InChI=1S/C11H21N3O2S2/c1-3-4-12-8-10-7-11(9-13-10)18(15,16)14-5-6-17-2/h7,9,12-14H,3-6,8H2,1-2H3. The number of rotatable bonds is 9. The van der Waals surface area contributed by atoms with E-state index in [0.717, 1.165) is 24.4 Å². The van der Waals surface area contributed by atoms with Gasteiger partial charge in [0.25, 0.3) is 0 Å². The molecule has 3 N–H and O–H groups in total. The molecule has 0 saturated carbocycles. The summed E-state index contributed by atoms with van der Waals surface area (Å²) in [4.78, 5) is 3.28. The molecule has 0 unspecified atom stereocenters. The minimum atomic E-state index is -3.36. The van der Waals surface area contributed by atoms with Crippen LogP contribution in [0.1, 0.15) is 19.0 Å². The third-order valence-corrected chi connectivity index (χ3v) is 4.42. The molecule has 1 aromatic rings. The zero-order chi connectivity index (χ0) is 13.4. The molecule has 0 aliphatic heterocycles. The highest BCUT2D eigenvalue weighted by Gasteiger charge is 2.14. The van der Waals surface area contributed by atoms with Gasteiger partial charge in [-0.2, -0.15) is 11.8 Å². The summed E-state index contributed by atoms with van der Waals surface area (Å²) in [5, 5.41) is 3.22. The summed E-state index contributed by atoms with van der Waals surface area (Å²) >= 11 is 1.61. The number of thioether (sulfide) groups is 1. The van der Waals surface area contributed by atoms with E-state index in [4.69, 9.17) is 0 Å². The number of nitrogens with one attached hydrogen (secondary N) is 3. The lowest BCUT2D eigenvalue weighted by Crippen LogP contribution is -2.25. The van der Waals surface area contributed by atoms with E-state index in [9.17, 15) is 8.42 Å². The molecule has 5 nitrogen and oxygen atoms in total. The van der Waals surface area contributed by atoms with Crippen LogP contribution in [0.5, 0.6) is 0 Å². The van der Waals surface area contributed by atoms with E-state index in [1.807, 2.05) is 6.26 Å². The first-order valence-electron chi connectivity index (χ1n) is 5.96. The normalized spacial score (nSPS) is 11.9. The molecule has 0 fully saturated rings. The van der Waals surface area contributed by atoms with Crippen molar-refractivity contribution < 1.29 is 8.42 Å². The fourth-order valence-corrected chi connectivity index (χ4v) is 2.92. The second kappa shape index (κ2) is 7.83. The van der Waals surface area contributed by atoms with Crippen LogP contribution >= 0.6 is 11.8 Å². The van der Waals surface area contributed by atoms with Gasteiger partial charge in [-0.1, -0.05) is 6.92 Å². The van der Waals surface area contributed by atoms with Gasteiger partial charge in [-0.3, -0.25) is 0 Å². The van der Waals surface area contributed by atoms with Crippen molar-refractivity contribution in [1.29, 1.82) is 0 Å². The smallest absolute Gasteiger partial charge is 0.242 e. The van der Waals surface area contributed by atoms with Crippen LogP contribution in [0.3, 0.4) is 0 Å². The number of sulfonamides is 1. The van der Waals surface area contributed by atoms with Crippen molar-refractivity contribution >= 4 is 21.8 Å². The maximum absolute atomic E-state index is 11.9. The first-order valence-corrected chi connectivity index (χ1v) is 8.84. The Morgan fingerprint density at radius 3 is 2.83 bits per heavy atom. The predicted molar refractivity (Wildman–Crippen MR) is 76.4 cm³/mol. The Kier molecular flexibility index (Phi) is 6.77.